The van der Waals surface area contributed by atoms with Gasteiger partial charge in [0.05, 0.1) is 34.8 Å². The molecule has 0 unspecified atom stereocenters. The molecule has 3 heterocycles. The largest absolute Gasteiger partial charge is 0.359 e. The molecule has 0 saturated carbocycles. The second-order valence-electron chi connectivity index (χ2n) is 8.11. The molecule has 0 aliphatic carbocycles. The van der Waals surface area contributed by atoms with Crippen LogP contribution >= 0.6 is 0 Å². The number of amides is 1. The van der Waals surface area contributed by atoms with Crippen molar-refractivity contribution in [2.75, 3.05) is 28.7 Å². The summed E-state index contributed by atoms with van der Waals surface area (Å²) in [6.07, 6.45) is 3.42. The molecule has 2 aromatic carbocycles. The molecule has 0 atom stereocenters. The Hall–Kier alpha value is -3.89. The Balaban J connectivity index is 1.40. The van der Waals surface area contributed by atoms with E-state index in [4.69, 9.17) is 4.74 Å². The number of rotatable bonds is 4. The van der Waals surface area contributed by atoms with E-state index in [1.165, 1.54) is 12.1 Å². The van der Waals surface area contributed by atoms with Gasteiger partial charge in [-0.25, -0.2) is 22.1 Å². The average Bonchev–Trinajstić information content (AvgIpc) is 2.84. The molecule has 5 rings (SSSR count). The second kappa shape index (κ2) is 9.05. The lowest BCUT2D eigenvalue weighted by atomic mass is 10.0. The molecule has 35 heavy (non-hydrogen) atoms. The van der Waals surface area contributed by atoms with Crippen LogP contribution in [0.25, 0.3) is 22.2 Å². The lowest BCUT2D eigenvalue weighted by Crippen LogP contribution is -2.41. The van der Waals surface area contributed by atoms with Gasteiger partial charge < -0.3 is 10.1 Å². The first-order valence-corrected chi connectivity index (χ1v) is 12.4. The van der Waals surface area contributed by atoms with Gasteiger partial charge in [0.15, 0.2) is 0 Å². The minimum absolute atomic E-state index is 0.0896. The highest BCUT2D eigenvalue weighted by Crippen LogP contribution is 2.28. The maximum Gasteiger partial charge on any atom is 0.258 e. The van der Waals surface area contributed by atoms with Gasteiger partial charge in [-0.2, -0.15) is 0 Å². The zero-order valence-corrected chi connectivity index (χ0v) is 19.5. The zero-order valence-electron chi connectivity index (χ0n) is 18.7. The molecule has 8 nitrogen and oxygen atoms in total. The van der Waals surface area contributed by atoms with E-state index in [-0.39, 0.29) is 30.3 Å². The highest BCUT2D eigenvalue weighted by molar-refractivity contribution is 7.92. The van der Waals surface area contributed by atoms with Gasteiger partial charge in [-0.3, -0.25) is 9.78 Å². The maximum absolute atomic E-state index is 14.8. The van der Waals surface area contributed by atoms with Gasteiger partial charge in [-0.1, -0.05) is 6.07 Å². The van der Waals surface area contributed by atoms with Crippen molar-refractivity contribution in [2.24, 2.45) is 0 Å². The lowest BCUT2D eigenvalue weighted by molar-refractivity contribution is 0.102. The van der Waals surface area contributed by atoms with Crippen molar-refractivity contribution >= 4 is 38.2 Å². The van der Waals surface area contributed by atoms with Crippen molar-refractivity contribution in [3.63, 3.8) is 0 Å². The third-order valence-electron chi connectivity index (χ3n) is 5.78. The quantitative estimate of drug-likeness (QED) is 0.460. The van der Waals surface area contributed by atoms with E-state index in [1.54, 1.807) is 24.5 Å². The van der Waals surface area contributed by atoms with Crippen molar-refractivity contribution < 1.29 is 22.3 Å². The predicted molar refractivity (Wildman–Crippen MR) is 131 cm³/mol. The van der Waals surface area contributed by atoms with E-state index >= 15 is 0 Å². The van der Waals surface area contributed by atoms with Gasteiger partial charge in [0.2, 0.25) is 10.0 Å². The van der Waals surface area contributed by atoms with Gasteiger partial charge >= 0.3 is 0 Å². The van der Waals surface area contributed by atoms with Crippen molar-refractivity contribution in [3.05, 3.63) is 83.9 Å². The molecule has 0 bridgehead atoms. The Morgan fingerprint density at radius 1 is 1.11 bits per heavy atom. The van der Waals surface area contributed by atoms with E-state index in [2.05, 4.69) is 15.3 Å². The predicted octanol–water partition coefficient (Wildman–Crippen LogP) is 4.12. The first kappa shape index (κ1) is 22.9. The zero-order chi connectivity index (χ0) is 24.6. The lowest BCUT2D eigenvalue weighted by Gasteiger charge is -2.28. The Labute approximate surface area is 201 Å². The number of nitrogens with one attached hydrogen (secondary N) is 1. The number of nitrogens with zero attached hydrogens (tertiary/aromatic N) is 3. The number of carbonyl (C=O) groups excluding carboxylic acids is 1. The van der Waals surface area contributed by atoms with Gasteiger partial charge in [0.1, 0.15) is 12.5 Å². The summed E-state index contributed by atoms with van der Waals surface area (Å²) in [5, 5.41) is 3.63. The normalized spacial score (nSPS) is 15.2. The van der Waals surface area contributed by atoms with Crippen LogP contribution in [0.3, 0.4) is 0 Å². The summed E-state index contributed by atoms with van der Waals surface area (Å²) in [5.41, 5.74) is 3.70. The molecule has 1 fully saturated rings. The fraction of sp³-hybridized carbons (Fsp3) is 0.160. The van der Waals surface area contributed by atoms with Gasteiger partial charge in [0, 0.05) is 29.0 Å². The number of fused-ring (bicyclic) bond motifs is 1. The second-order valence-corrected chi connectivity index (χ2v) is 10.1. The highest BCUT2D eigenvalue weighted by atomic mass is 32.2. The molecule has 1 aliphatic rings. The van der Waals surface area contributed by atoms with Crippen LogP contribution in [-0.4, -0.2) is 43.4 Å². The number of aryl methyl sites for hydroxylation is 1. The molecular formula is C25H21FN4O4S. The number of ether oxygens (including phenoxy) is 1. The topological polar surface area (TPSA) is 101 Å². The molecule has 0 radical (unpaired) electrons. The van der Waals surface area contributed by atoms with Crippen molar-refractivity contribution in [3.8, 4) is 11.3 Å². The van der Waals surface area contributed by atoms with Crippen LogP contribution in [0.2, 0.25) is 0 Å². The van der Waals surface area contributed by atoms with Gasteiger partial charge in [0.25, 0.3) is 5.91 Å². The Morgan fingerprint density at radius 2 is 1.97 bits per heavy atom. The molecule has 1 N–H and O–H groups in total. The highest BCUT2D eigenvalue weighted by Gasteiger charge is 2.27. The van der Waals surface area contributed by atoms with Crippen molar-refractivity contribution in [1.82, 2.24) is 9.97 Å². The summed E-state index contributed by atoms with van der Waals surface area (Å²) >= 11 is 0. The number of benzene rings is 2. The number of aromatic nitrogens is 2. The molecule has 0 spiro atoms. The number of pyridine rings is 2. The van der Waals surface area contributed by atoms with Crippen LogP contribution in [0.4, 0.5) is 15.8 Å². The van der Waals surface area contributed by atoms with Crippen molar-refractivity contribution in [1.29, 1.82) is 0 Å². The van der Waals surface area contributed by atoms with E-state index in [0.29, 0.717) is 5.69 Å². The Kier molecular flexibility index (Phi) is 5.91. The summed E-state index contributed by atoms with van der Waals surface area (Å²) in [6, 6.07) is 14.7. The molecule has 1 amide bonds. The van der Waals surface area contributed by atoms with E-state index in [1.807, 2.05) is 31.2 Å². The smallest absolute Gasteiger partial charge is 0.258 e. The molecule has 1 aliphatic heterocycles. The van der Waals surface area contributed by atoms with Crippen LogP contribution < -0.4 is 9.62 Å². The van der Waals surface area contributed by atoms with Crippen molar-refractivity contribution in [2.45, 2.75) is 6.92 Å². The Morgan fingerprint density at radius 3 is 2.77 bits per heavy atom. The summed E-state index contributed by atoms with van der Waals surface area (Å²) in [6.45, 7) is 1.83. The average molecular weight is 493 g/mol. The van der Waals surface area contributed by atoms with Crippen LogP contribution in [-0.2, 0) is 14.8 Å². The van der Waals surface area contributed by atoms with Crippen LogP contribution in [0.1, 0.15) is 15.9 Å². The maximum atomic E-state index is 14.8. The third-order valence-corrected chi connectivity index (χ3v) is 7.45. The molecule has 2 aromatic heterocycles. The summed E-state index contributed by atoms with van der Waals surface area (Å²) in [5.74, 6) is -1.67. The molecule has 1 saturated heterocycles. The summed E-state index contributed by atoms with van der Waals surface area (Å²) in [4.78, 5) is 21.6. The summed E-state index contributed by atoms with van der Waals surface area (Å²) < 4.78 is 45.5. The SMILES string of the molecule is Cc1ccc(NC(=O)c2ccc(N3COCCS3(=O)=O)cc2F)cc1-c1ccc2cnccc2n1. The minimum Gasteiger partial charge on any atom is -0.359 e. The van der Waals surface area contributed by atoms with Gasteiger partial charge in [-0.05, 0) is 61.0 Å². The molecule has 10 heteroatoms. The first-order valence-electron chi connectivity index (χ1n) is 10.8. The third kappa shape index (κ3) is 4.58. The van der Waals surface area contributed by atoms with E-state index in [9.17, 15) is 17.6 Å². The molecular weight excluding hydrogens is 471 g/mol. The number of hydrogen-bond donors (Lipinski definition) is 1. The number of hydrogen-bond acceptors (Lipinski definition) is 6. The standard InChI is InChI=1S/C25H21FN4O4S/c1-16-2-4-18(12-21(16)24-7-3-17-14-27-9-8-23(17)29-24)28-25(31)20-6-5-19(13-22(20)26)30-15-34-10-11-35(30,32)33/h2-9,12-14H,10-11,15H2,1H3,(H,28,31). The van der Waals surface area contributed by atoms with Crippen LogP contribution in [0, 0.1) is 12.7 Å². The fourth-order valence-corrected chi connectivity index (χ4v) is 5.09. The van der Waals surface area contributed by atoms with E-state index in [0.717, 1.165) is 38.1 Å². The molecule has 178 valence electrons. The molecule has 4 aromatic rings. The van der Waals surface area contributed by atoms with Gasteiger partial charge in [-0.15, -0.1) is 0 Å². The van der Waals surface area contributed by atoms with Crippen LogP contribution in [0.5, 0.6) is 0 Å². The number of anilines is 2. The first-order chi connectivity index (χ1) is 16.8. The van der Waals surface area contributed by atoms with Crippen LogP contribution in [0.15, 0.2) is 67.0 Å². The Bertz CT molecular complexity index is 1560. The number of halogens is 1. The number of sulfonamides is 1. The monoisotopic (exact) mass is 492 g/mol. The fourth-order valence-electron chi connectivity index (χ4n) is 3.87. The number of carbonyl (C=O) groups is 1. The minimum atomic E-state index is -3.59. The summed E-state index contributed by atoms with van der Waals surface area (Å²) in [7, 11) is -3.59. The van der Waals surface area contributed by atoms with E-state index < -0.39 is 21.7 Å².